The maximum atomic E-state index is 11.9. The van der Waals surface area contributed by atoms with Crippen LogP contribution in [0.1, 0.15) is 10.4 Å². The third kappa shape index (κ3) is 3.86. The van der Waals surface area contributed by atoms with Gasteiger partial charge in [-0.15, -0.1) is 0 Å². The number of hydrogen-bond acceptors (Lipinski definition) is 3. The number of carbonyl (C=O) groups excluding carboxylic acids is 1. The van der Waals surface area contributed by atoms with E-state index in [-0.39, 0.29) is 11.3 Å². The van der Waals surface area contributed by atoms with E-state index in [1.165, 1.54) is 13.1 Å². The van der Waals surface area contributed by atoms with Gasteiger partial charge in [-0.1, -0.05) is 0 Å². The maximum Gasteiger partial charge on any atom is 0.422 e. The molecular formula is C10H10F3NO3. The number of ether oxygens (including phenoxy) is 1. The van der Waals surface area contributed by atoms with Crippen molar-refractivity contribution in [3.05, 3.63) is 23.8 Å². The molecule has 0 heterocycles. The summed E-state index contributed by atoms with van der Waals surface area (Å²) in [5.41, 5.74) is 0.0995. The SMILES string of the molecule is CNC(=O)c1ccc(O)c(OCC(F)(F)F)c1. The summed E-state index contributed by atoms with van der Waals surface area (Å²) in [6.45, 7) is -1.53. The second-order valence-corrected chi connectivity index (χ2v) is 3.17. The predicted octanol–water partition coefficient (Wildman–Crippen LogP) is 1.69. The Morgan fingerprint density at radius 2 is 2.12 bits per heavy atom. The third-order valence-electron chi connectivity index (χ3n) is 1.84. The second-order valence-electron chi connectivity index (χ2n) is 3.17. The van der Waals surface area contributed by atoms with Gasteiger partial charge in [-0.2, -0.15) is 13.2 Å². The Morgan fingerprint density at radius 1 is 1.47 bits per heavy atom. The van der Waals surface area contributed by atoms with E-state index >= 15 is 0 Å². The van der Waals surface area contributed by atoms with Gasteiger partial charge in [0.2, 0.25) is 0 Å². The topological polar surface area (TPSA) is 58.6 Å². The number of benzene rings is 1. The van der Waals surface area contributed by atoms with E-state index in [1.807, 2.05) is 0 Å². The molecule has 1 amide bonds. The fourth-order valence-electron chi connectivity index (χ4n) is 1.07. The first-order valence-corrected chi connectivity index (χ1v) is 4.58. The molecule has 0 aliphatic rings. The Bertz CT molecular complexity index is 418. The van der Waals surface area contributed by atoms with Gasteiger partial charge in [-0.3, -0.25) is 4.79 Å². The monoisotopic (exact) mass is 249 g/mol. The molecular weight excluding hydrogens is 239 g/mol. The molecule has 94 valence electrons. The molecule has 0 spiro atoms. The highest BCUT2D eigenvalue weighted by Gasteiger charge is 2.29. The van der Waals surface area contributed by atoms with Gasteiger partial charge in [-0.25, -0.2) is 0 Å². The van der Waals surface area contributed by atoms with Crippen molar-refractivity contribution in [2.75, 3.05) is 13.7 Å². The summed E-state index contributed by atoms with van der Waals surface area (Å²) in [4.78, 5) is 11.2. The van der Waals surface area contributed by atoms with Crippen molar-refractivity contribution in [2.45, 2.75) is 6.18 Å². The molecule has 1 aromatic carbocycles. The Labute approximate surface area is 95.0 Å². The Kier molecular flexibility index (Phi) is 3.82. The zero-order valence-corrected chi connectivity index (χ0v) is 8.84. The lowest BCUT2D eigenvalue weighted by molar-refractivity contribution is -0.153. The first-order valence-electron chi connectivity index (χ1n) is 4.58. The Hall–Kier alpha value is -1.92. The number of phenols is 1. The quantitative estimate of drug-likeness (QED) is 0.857. The molecule has 0 fully saturated rings. The van der Waals surface area contributed by atoms with Gasteiger partial charge in [0.25, 0.3) is 5.91 Å². The lowest BCUT2D eigenvalue weighted by Crippen LogP contribution is -2.20. The van der Waals surface area contributed by atoms with Crippen LogP contribution >= 0.6 is 0 Å². The van der Waals surface area contributed by atoms with E-state index in [2.05, 4.69) is 10.1 Å². The Balaban J connectivity index is 2.87. The van der Waals surface area contributed by atoms with Crippen LogP contribution in [0.3, 0.4) is 0 Å². The van der Waals surface area contributed by atoms with Crippen LogP contribution in [0.15, 0.2) is 18.2 Å². The van der Waals surface area contributed by atoms with Crippen LogP contribution in [-0.2, 0) is 0 Å². The molecule has 1 rings (SSSR count). The lowest BCUT2D eigenvalue weighted by atomic mass is 10.2. The number of carbonyl (C=O) groups is 1. The van der Waals surface area contributed by atoms with Gasteiger partial charge >= 0.3 is 6.18 Å². The van der Waals surface area contributed by atoms with Crippen molar-refractivity contribution >= 4 is 5.91 Å². The predicted molar refractivity (Wildman–Crippen MR) is 53.0 cm³/mol. The average molecular weight is 249 g/mol. The molecule has 0 atom stereocenters. The van der Waals surface area contributed by atoms with E-state index in [9.17, 15) is 23.1 Å². The molecule has 4 nitrogen and oxygen atoms in total. The molecule has 17 heavy (non-hydrogen) atoms. The first kappa shape index (κ1) is 13.1. The van der Waals surface area contributed by atoms with Crippen LogP contribution in [0.5, 0.6) is 11.5 Å². The number of amides is 1. The molecule has 0 radical (unpaired) electrons. The molecule has 0 aliphatic carbocycles. The van der Waals surface area contributed by atoms with Crippen LogP contribution < -0.4 is 10.1 Å². The van der Waals surface area contributed by atoms with E-state index < -0.39 is 24.4 Å². The number of aromatic hydroxyl groups is 1. The van der Waals surface area contributed by atoms with Crippen LogP contribution in [0.2, 0.25) is 0 Å². The number of hydrogen-bond donors (Lipinski definition) is 2. The van der Waals surface area contributed by atoms with E-state index in [0.717, 1.165) is 12.1 Å². The van der Waals surface area contributed by atoms with Crippen molar-refractivity contribution in [2.24, 2.45) is 0 Å². The number of alkyl halides is 3. The van der Waals surface area contributed by atoms with Crippen molar-refractivity contribution in [3.8, 4) is 11.5 Å². The zero-order valence-electron chi connectivity index (χ0n) is 8.84. The second kappa shape index (κ2) is 4.94. The van der Waals surface area contributed by atoms with E-state index in [4.69, 9.17) is 0 Å². The van der Waals surface area contributed by atoms with Gasteiger partial charge in [0.15, 0.2) is 18.1 Å². The van der Waals surface area contributed by atoms with Crippen LogP contribution in [-0.4, -0.2) is 30.8 Å². The minimum absolute atomic E-state index is 0.0995. The summed E-state index contributed by atoms with van der Waals surface area (Å²) < 4.78 is 40.1. The summed E-state index contributed by atoms with van der Waals surface area (Å²) in [7, 11) is 1.38. The maximum absolute atomic E-state index is 11.9. The minimum Gasteiger partial charge on any atom is -0.504 e. The lowest BCUT2D eigenvalue weighted by Gasteiger charge is -2.11. The molecule has 0 bridgehead atoms. The van der Waals surface area contributed by atoms with Gasteiger partial charge in [0.05, 0.1) is 0 Å². The molecule has 0 saturated carbocycles. The highest BCUT2D eigenvalue weighted by molar-refractivity contribution is 5.94. The van der Waals surface area contributed by atoms with E-state index in [1.54, 1.807) is 0 Å². The van der Waals surface area contributed by atoms with Gasteiger partial charge < -0.3 is 15.2 Å². The average Bonchev–Trinajstić information content (AvgIpc) is 2.26. The number of nitrogens with one attached hydrogen (secondary N) is 1. The minimum atomic E-state index is -4.50. The molecule has 0 aromatic heterocycles. The number of phenolic OH excluding ortho intramolecular Hbond substituents is 1. The fraction of sp³-hybridized carbons (Fsp3) is 0.300. The standard InChI is InChI=1S/C10H10F3NO3/c1-14-9(16)6-2-3-7(15)8(4-6)17-5-10(11,12)13/h2-4,15H,5H2,1H3,(H,14,16). The van der Waals surface area contributed by atoms with Crippen molar-refractivity contribution < 1.29 is 27.8 Å². The smallest absolute Gasteiger partial charge is 0.422 e. The summed E-state index contributed by atoms with van der Waals surface area (Å²) in [5.74, 6) is -1.33. The van der Waals surface area contributed by atoms with Gasteiger partial charge in [0, 0.05) is 12.6 Å². The summed E-state index contributed by atoms with van der Waals surface area (Å²) >= 11 is 0. The summed E-state index contributed by atoms with van der Waals surface area (Å²) in [6, 6.07) is 3.41. The summed E-state index contributed by atoms with van der Waals surface area (Å²) in [5, 5.41) is 11.6. The van der Waals surface area contributed by atoms with Crippen LogP contribution in [0.25, 0.3) is 0 Å². The zero-order chi connectivity index (χ0) is 13.1. The fourth-order valence-corrected chi connectivity index (χ4v) is 1.07. The molecule has 2 N–H and O–H groups in total. The highest BCUT2D eigenvalue weighted by Crippen LogP contribution is 2.28. The highest BCUT2D eigenvalue weighted by atomic mass is 19.4. The van der Waals surface area contributed by atoms with Gasteiger partial charge in [-0.05, 0) is 18.2 Å². The number of rotatable bonds is 3. The Morgan fingerprint density at radius 3 is 2.65 bits per heavy atom. The van der Waals surface area contributed by atoms with E-state index in [0.29, 0.717) is 0 Å². The molecule has 0 unspecified atom stereocenters. The van der Waals surface area contributed by atoms with Crippen LogP contribution in [0.4, 0.5) is 13.2 Å². The molecule has 0 aliphatic heterocycles. The first-order chi connectivity index (χ1) is 7.83. The molecule has 1 aromatic rings. The largest absolute Gasteiger partial charge is 0.504 e. The van der Waals surface area contributed by atoms with Crippen LogP contribution in [0, 0.1) is 0 Å². The van der Waals surface area contributed by atoms with Crippen molar-refractivity contribution in [3.63, 3.8) is 0 Å². The van der Waals surface area contributed by atoms with Gasteiger partial charge in [0.1, 0.15) is 0 Å². The summed E-state index contributed by atoms with van der Waals surface area (Å²) in [6.07, 6.45) is -4.50. The normalized spacial score (nSPS) is 11.1. The van der Waals surface area contributed by atoms with Crippen molar-refractivity contribution in [1.82, 2.24) is 5.32 Å². The van der Waals surface area contributed by atoms with Crippen molar-refractivity contribution in [1.29, 1.82) is 0 Å². The molecule has 7 heteroatoms. The third-order valence-corrected chi connectivity index (χ3v) is 1.84. The number of halogens is 3. The molecule has 0 saturated heterocycles.